The number of ether oxygens (including phenoxy) is 1. The summed E-state index contributed by atoms with van der Waals surface area (Å²) in [6, 6.07) is 3.22. The Balaban J connectivity index is 1.85. The second-order valence-corrected chi connectivity index (χ2v) is 7.35. The number of hydrogen-bond acceptors (Lipinski definition) is 5. The Bertz CT molecular complexity index is 642. The lowest BCUT2D eigenvalue weighted by Crippen LogP contribution is -2.48. The van der Waals surface area contributed by atoms with E-state index in [1.807, 2.05) is 19.1 Å². The van der Waals surface area contributed by atoms with Gasteiger partial charge in [-0.2, -0.15) is 0 Å². The number of hydrogen-bond donors (Lipinski definition) is 0. The van der Waals surface area contributed by atoms with E-state index in [0.29, 0.717) is 38.8 Å². The number of pyridine rings is 1. The molecule has 1 saturated heterocycles. The first-order valence-corrected chi connectivity index (χ1v) is 9.27. The number of likely N-dealkylation sites (tertiary alicyclic amines) is 1. The standard InChI is InChI=1S/C20H28N2O4/c1-4-20(2,3)17(23)18(24)22-13-5-8-16(22)19(25)26-14-6-7-15-9-11-21-12-10-15/h9-12,16H,4-8,13-14H2,1-3H3/t16-/m0/s1. The van der Waals surface area contributed by atoms with E-state index in [2.05, 4.69) is 4.98 Å². The van der Waals surface area contributed by atoms with Crippen LogP contribution in [0.1, 0.15) is 52.0 Å². The number of ketones is 1. The number of Topliss-reactive ketones (excluding diaryl/α,β-unsaturated/α-hetero) is 1. The van der Waals surface area contributed by atoms with Crippen molar-refractivity contribution in [3.05, 3.63) is 30.1 Å². The fourth-order valence-corrected chi connectivity index (χ4v) is 2.93. The van der Waals surface area contributed by atoms with Gasteiger partial charge < -0.3 is 9.64 Å². The number of aryl methyl sites for hydroxylation is 1. The number of nitrogens with zero attached hydrogens (tertiary/aromatic N) is 2. The Morgan fingerprint density at radius 3 is 2.62 bits per heavy atom. The topological polar surface area (TPSA) is 76.6 Å². The first-order valence-electron chi connectivity index (χ1n) is 9.27. The number of esters is 1. The highest BCUT2D eigenvalue weighted by molar-refractivity contribution is 6.38. The molecular formula is C20H28N2O4. The molecule has 2 rings (SSSR count). The average Bonchev–Trinajstić information content (AvgIpc) is 3.14. The predicted molar refractivity (Wildman–Crippen MR) is 97.3 cm³/mol. The molecule has 142 valence electrons. The van der Waals surface area contributed by atoms with Gasteiger partial charge in [-0.1, -0.05) is 20.8 Å². The van der Waals surface area contributed by atoms with Gasteiger partial charge in [0.25, 0.3) is 5.91 Å². The summed E-state index contributed by atoms with van der Waals surface area (Å²) in [5, 5.41) is 0. The van der Waals surface area contributed by atoms with Gasteiger partial charge in [0.05, 0.1) is 6.61 Å². The summed E-state index contributed by atoms with van der Waals surface area (Å²) in [4.78, 5) is 42.7. The minimum Gasteiger partial charge on any atom is -0.464 e. The Morgan fingerprint density at radius 1 is 1.27 bits per heavy atom. The summed E-state index contributed by atoms with van der Waals surface area (Å²) in [7, 11) is 0. The molecule has 26 heavy (non-hydrogen) atoms. The van der Waals surface area contributed by atoms with Gasteiger partial charge in [0.15, 0.2) is 0 Å². The third kappa shape index (κ3) is 4.90. The maximum absolute atomic E-state index is 12.5. The lowest BCUT2D eigenvalue weighted by molar-refractivity contribution is -0.157. The molecule has 0 spiro atoms. The Labute approximate surface area is 154 Å². The number of carbonyl (C=O) groups excluding carboxylic acids is 3. The molecule has 6 nitrogen and oxygen atoms in total. The Morgan fingerprint density at radius 2 is 1.96 bits per heavy atom. The molecule has 1 aromatic rings. The molecule has 1 aliphatic rings. The van der Waals surface area contributed by atoms with Gasteiger partial charge in [-0.05, 0) is 49.8 Å². The molecule has 2 heterocycles. The van der Waals surface area contributed by atoms with Crippen molar-refractivity contribution in [1.82, 2.24) is 9.88 Å². The third-order valence-corrected chi connectivity index (χ3v) is 5.08. The first-order chi connectivity index (χ1) is 12.4. The largest absolute Gasteiger partial charge is 0.464 e. The van der Waals surface area contributed by atoms with Crippen LogP contribution in [-0.4, -0.2) is 46.7 Å². The van der Waals surface area contributed by atoms with Crippen molar-refractivity contribution in [2.24, 2.45) is 5.41 Å². The molecule has 0 saturated carbocycles. The van der Waals surface area contributed by atoms with E-state index in [-0.39, 0.29) is 0 Å². The smallest absolute Gasteiger partial charge is 0.328 e. The summed E-state index contributed by atoms with van der Waals surface area (Å²) in [6.45, 7) is 6.13. The second-order valence-electron chi connectivity index (χ2n) is 7.35. The molecular weight excluding hydrogens is 332 g/mol. The quantitative estimate of drug-likeness (QED) is 0.404. The van der Waals surface area contributed by atoms with E-state index >= 15 is 0 Å². The average molecular weight is 360 g/mol. The van der Waals surface area contributed by atoms with Crippen LogP contribution in [0.3, 0.4) is 0 Å². The van der Waals surface area contributed by atoms with E-state index in [1.54, 1.807) is 26.2 Å². The molecule has 1 aliphatic heterocycles. The van der Waals surface area contributed by atoms with Crippen molar-refractivity contribution in [3.63, 3.8) is 0 Å². The van der Waals surface area contributed by atoms with Crippen molar-refractivity contribution >= 4 is 17.7 Å². The van der Waals surface area contributed by atoms with Gasteiger partial charge in [0.2, 0.25) is 5.78 Å². The van der Waals surface area contributed by atoms with Crippen LogP contribution < -0.4 is 0 Å². The van der Waals surface area contributed by atoms with Gasteiger partial charge >= 0.3 is 5.97 Å². The number of carbonyl (C=O) groups is 3. The lowest BCUT2D eigenvalue weighted by Gasteiger charge is -2.27. The minimum absolute atomic E-state index is 0.300. The maximum Gasteiger partial charge on any atom is 0.328 e. The molecule has 1 fully saturated rings. The monoisotopic (exact) mass is 360 g/mol. The first kappa shape index (κ1) is 20.1. The summed E-state index contributed by atoms with van der Waals surface area (Å²) in [6.07, 6.45) is 6.81. The van der Waals surface area contributed by atoms with Crippen molar-refractivity contribution in [1.29, 1.82) is 0 Å². The van der Waals surface area contributed by atoms with Crippen LogP contribution in [0.15, 0.2) is 24.5 Å². The highest BCUT2D eigenvalue weighted by atomic mass is 16.5. The summed E-state index contributed by atoms with van der Waals surface area (Å²) in [5.41, 5.74) is 0.430. The fraction of sp³-hybridized carbons (Fsp3) is 0.600. The van der Waals surface area contributed by atoms with Gasteiger partial charge in [0, 0.05) is 24.4 Å². The molecule has 1 atom stereocenters. The van der Waals surface area contributed by atoms with Crippen LogP contribution in [0.4, 0.5) is 0 Å². The predicted octanol–water partition coefficient (Wildman–Crippen LogP) is 2.55. The SMILES string of the molecule is CCC(C)(C)C(=O)C(=O)N1CCC[C@H]1C(=O)OCCCc1ccncc1. The lowest BCUT2D eigenvalue weighted by atomic mass is 9.84. The Kier molecular flexibility index (Phi) is 6.89. The van der Waals surface area contributed by atoms with Crippen LogP contribution in [0.2, 0.25) is 0 Å². The van der Waals surface area contributed by atoms with Gasteiger partial charge in [-0.25, -0.2) is 4.79 Å². The number of aromatic nitrogens is 1. The van der Waals surface area contributed by atoms with E-state index in [4.69, 9.17) is 4.74 Å². The zero-order valence-corrected chi connectivity index (χ0v) is 15.9. The summed E-state index contributed by atoms with van der Waals surface area (Å²) >= 11 is 0. The Hall–Kier alpha value is -2.24. The molecule has 1 amide bonds. The molecule has 0 radical (unpaired) electrons. The molecule has 1 aromatic heterocycles. The molecule has 0 aliphatic carbocycles. The second kappa shape index (κ2) is 8.92. The molecule has 0 aromatic carbocycles. The van der Waals surface area contributed by atoms with Crippen molar-refractivity contribution < 1.29 is 19.1 Å². The van der Waals surface area contributed by atoms with Crippen molar-refractivity contribution in [3.8, 4) is 0 Å². The zero-order valence-electron chi connectivity index (χ0n) is 15.9. The van der Waals surface area contributed by atoms with Gasteiger partial charge in [-0.15, -0.1) is 0 Å². The van der Waals surface area contributed by atoms with Crippen LogP contribution in [0.5, 0.6) is 0 Å². The molecule has 0 N–H and O–H groups in total. The van der Waals surface area contributed by atoms with Crippen LogP contribution in [-0.2, 0) is 25.5 Å². The van der Waals surface area contributed by atoms with Gasteiger partial charge in [0.1, 0.15) is 6.04 Å². The minimum atomic E-state index is -0.710. The molecule has 6 heteroatoms. The highest BCUT2D eigenvalue weighted by Gasteiger charge is 2.41. The van der Waals surface area contributed by atoms with E-state index in [1.165, 1.54) is 4.90 Å². The van der Waals surface area contributed by atoms with E-state index in [9.17, 15) is 14.4 Å². The highest BCUT2D eigenvalue weighted by Crippen LogP contribution is 2.26. The molecule has 0 bridgehead atoms. The third-order valence-electron chi connectivity index (χ3n) is 5.08. The van der Waals surface area contributed by atoms with E-state index in [0.717, 1.165) is 12.0 Å². The number of amides is 1. The molecule has 0 unspecified atom stereocenters. The van der Waals surface area contributed by atoms with Crippen molar-refractivity contribution in [2.45, 2.75) is 58.9 Å². The van der Waals surface area contributed by atoms with Crippen LogP contribution in [0.25, 0.3) is 0 Å². The fourth-order valence-electron chi connectivity index (χ4n) is 2.93. The van der Waals surface area contributed by atoms with Crippen molar-refractivity contribution in [2.75, 3.05) is 13.2 Å². The maximum atomic E-state index is 12.5. The van der Waals surface area contributed by atoms with Crippen LogP contribution in [0, 0.1) is 5.41 Å². The zero-order chi connectivity index (χ0) is 19.2. The summed E-state index contributed by atoms with van der Waals surface area (Å²) in [5.74, 6) is -1.40. The van der Waals surface area contributed by atoms with Crippen LogP contribution >= 0.6 is 0 Å². The van der Waals surface area contributed by atoms with Gasteiger partial charge in [-0.3, -0.25) is 14.6 Å². The van der Waals surface area contributed by atoms with E-state index < -0.39 is 29.1 Å². The number of rotatable bonds is 8. The summed E-state index contributed by atoms with van der Waals surface area (Å²) < 4.78 is 5.36. The normalized spacial score (nSPS) is 17.2.